The Kier molecular flexibility index (Phi) is 6.25. The number of nitrogens with zero attached hydrogens (tertiary/aromatic N) is 1. The minimum Gasteiger partial charge on any atom is -0.462 e. The molecule has 0 spiro atoms. The molecule has 3 rings (SSSR count). The fraction of sp³-hybridized carbons (Fsp3) is 0.375. The summed E-state index contributed by atoms with van der Waals surface area (Å²) in [6.45, 7) is 8.83. The highest BCUT2D eigenvalue weighted by molar-refractivity contribution is 6.06. The molecule has 0 unspecified atom stereocenters. The minimum atomic E-state index is -0.395. The van der Waals surface area contributed by atoms with Gasteiger partial charge in [-0.05, 0) is 55.3 Å². The molecule has 0 bridgehead atoms. The van der Waals surface area contributed by atoms with E-state index in [0.29, 0.717) is 36.4 Å². The Morgan fingerprint density at radius 1 is 1.07 bits per heavy atom. The smallest absolute Gasteiger partial charge is 0.338 e. The maximum atomic E-state index is 12.8. The molecule has 1 aliphatic rings. The van der Waals surface area contributed by atoms with Crippen LogP contribution in [-0.2, 0) is 14.9 Å². The molecule has 0 atom stereocenters. The van der Waals surface area contributed by atoms with Crippen molar-refractivity contribution in [1.29, 1.82) is 0 Å². The fourth-order valence-corrected chi connectivity index (χ4v) is 3.75. The van der Waals surface area contributed by atoms with Gasteiger partial charge < -0.3 is 15.0 Å². The third-order valence-corrected chi connectivity index (χ3v) is 5.28. The summed E-state index contributed by atoms with van der Waals surface area (Å²) >= 11 is 0. The van der Waals surface area contributed by atoms with Crippen molar-refractivity contribution in [2.45, 2.75) is 46.0 Å². The van der Waals surface area contributed by atoms with E-state index in [4.69, 9.17) is 4.74 Å². The molecule has 6 nitrogen and oxygen atoms in total. The van der Waals surface area contributed by atoms with Gasteiger partial charge in [-0.3, -0.25) is 9.59 Å². The molecule has 0 saturated heterocycles. The summed E-state index contributed by atoms with van der Waals surface area (Å²) in [5.74, 6) is -0.580. The first kappa shape index (κ1) is 21.6. The van der Waals surface area contributed by atoms with Crippen molar-refractivity contribution in [3.8, 4) is 0 Å². The van der Waals surface area contributed by atoms with Gasteiger partial charge in [0.15, 0.2) is 0 Å². The van der Waals surface area contributed by atoms with Crippen molar-refractivity contribution in [2.24, 2.45) is 0 Å². The Morgan fingerprint density at radius 2 is 1.73 bits per heavy atom. The molecule has 1 heterocycles. The summed E-state index contributed by atoms with van der Waals surface area (Å²) in [7, 11) is 0. The molecule has 0 aliphatic carbocycles. The molecule has 158 valence electrons. The number of rotatable bonds is 6. The van der Waals surface area contributed by atoms with Crippen molar-refractivity contribution in [3.63, 3.8) is 0 Å². The number of fused-ring (bicyclic) bond motifs is 1. The number of nitrogens with one attached hydrogen (secondary N) is 1. The zero-order chi connectivity index (χ0) is 21.9. The first-order valence-corrected chi connectivity index (χ1v) is 10.3. The third-order valence-electron chi connectivity index (χ3n) is 5.28. The molecule has 6 heteroatoms. The monoisotopic (exact) mass is 408 g/mol. The molecule has 30 heavy (non-hydrogen) atoms. The zero-order valence-electron chi connectivity index (χ0n) is 18.0. The van der Waals surface area contributed by atoms with E-state index in [9.17, 15) is 14.4 Å². The molecule has 0 saturated carbocycles. The highest BCUT2D eigenvalue weighted by Crippen LogP contribution is 2.40. The Labute approximate surface area is 177 Å². The summed E-state index contributed by atoms with van der Waals surface area (Å²) in [5, 5.41) is 2.85. The average Bonchev–Trinajstić information content (AvgIpc) is 2.71. The molecule has 0 fully saturated rings. The lowest BCUT2D eigenvalue weighted by atomic mass is 9.77. The number of hydrogen-bond acceptors (Lipinski definition) is 4. The van der Waals surface area contributed by atoms with E-state index in [2.05, 4.69) is 19.2 Å². The number of anilines is 2. The lowest BCUT2D eigenvalue weighted by Crippen LogP contribution is -2.42. The van der Waals surface area contributed by atoms with E-state index < -0.39 is 5.97 Å². The molecule has 2 aromatic carbocycles. The number of esters is 1. The largest absolute Gasteiger partial charge is 0.462 e. The Hall–Kier alpha value is -3.15. The highest BCUT2D eigenvalue weighted by Gasteiger charge is 2.36. The van der Waals surface area contributed by atoms with Crippen LogP contribution in [0.2, 0.25) is 0 Å². The lowest BCUT2D eigenvalue weighted by Gasteiger charge is -2.38. The quantitative estimate of drug-likeness (QED) is 0.712. The molecule has 1 aliphatic heterocycles. The van der Waals surface area contributed by atoms with Crippen LogP contribution in [0.4, 0.5) is 11.4 Å². The fourth-order valence-electron chi connectivity index (χ4n) is 3.75. The van der Waals surface area contributed by atoms with Gasteiger partial charge in [0.05, 0.1) is 12.2 Å². The van der Waals surface area contributed by atoms with Gasteiger partial charge in [-0.1, -0.05) is 26.8 Å². The summed E-state index contributed by atoms with van der Waals surface area (Å²) in [4.78, 5) is 39.0. The van der Waals surface area contributed by atoms with Gasteiger partial charge in [-0.2, -0.15) is 0 Å². The van der Waals surface area contributed by atoms with Crippen LogP contribution in [0, 0.1) is 0 Å². The Balaban J connectivity index is 1.84. The predicted molar refractivity (Wildman–Crippen MR) is 117 cm³/mol. The molecule has 2 amide bonds. The second kappa shape index (κ2) is 8.69. The standard InChI is InChI=1S/C24H28N2O4/c1-5-13-26-20-14-17(9-12-19(20)24(3,4)15-21(26)27)22(28)25-18-10-7-16(8-11-18)23(29)30-6-2/h7-12,14H,5-6,13,15H2,1-4H3,(H,25,28). The minimum absolute atomic E-state index is 0.0847. The molecular formula is C24H28N2O4. The van der Waals surface area contributed by atoms with E-state index >= 15 is 0 Å². The van der Waals surface area contributed by atoms with Gasteiger partial charge >= 0.3 is 5.97 Å². The average molecular weight is 408 g/mol. The summed E-state index contributed by atoms with van der Waals surface area (Å²) < 4.78 is 4.97. The molecule has 0 aromatic heterocycles. The number of carbonyl (C=O) groups is 3. The van der Waals surface area contributed by atoms with E-state index in [-0.39, 0.29) is 17.2 Å². The molecule has 2 aromatic rings. The van der Waals surface area contributed by atoms with Crippen LogP contribution in [0.3, 0.4) is 0 Å². The Bertz CT molecular complexity index is 964. The lowest BCUT2D eigenvalue weighted by molar-refractivity contribution is -0.120. The summed E-state index contributed by atoms with van der Waals surface area (Å²) in [5.41, 5.74) is 3.10. The van der Waals surface area contributed by atoms with Gasteiger partial charge in [0.1, 0.15) is 0 Å². The van der Waals surface area contributed by atoms with E-state index in [1.807, 2.05) is 13.0 Å². The molecular weight excluding hydrogens is 380 g/mol. The number of hydrogen-bond donors (Lipinski definition) is 1. The number of amides is 2. The van der Waals surface area contributed by atoms with Crippen LogP contribution >= 0.6 is 0 Å². The van der Waals surface area contributed by atoms with Crippen molar-refractivity contribution in [1.82, 2.24) is 0 Å². The van der Waals surface area contributed by atoms with Gasteiger partial charge in [-0.25, -0.2) is 4.79 Å². The normalized spacial score (nSPS) is 14.8. The van der Waals surface area contributed by atoms with Crippen LogP contribution in [0.25, 0.3) is 0 Å². The van der Waals surface area contributed by atoms with E-state index in [0.717, 1.165) is 17.7 Å². The maximum absolute atomic E-state index is 12.8. The highest BCUT2D eigenvalue weighted by atomic mass is 16.5. The van der Waals surface area contributed by atoms with Crippen LogP contribution in [0.15, 0.2) is 42.5 Å². The number of ether oxygens (including phenoxy) is 1. The third kappa shape index (κ3) is 4.37. The van der Waals surface area contributed by atoms with Crippen LogP contribution in [-0.4, -0.2) is 30.9 Å². The van der Waals surface area contributed by atoms with Crippen LogP contribution in [0.1, 0.15) is 66.8 Å². The molecule has 1 N–H and O–H groups in total. The second-order valence-corrected chi connectivity index (χ2v) is 8.09. The topological polar surface area (TPSA) is 75.7 Å². The SMILES string of the molecule is CCCN1C(=O)CC(C)(C)c2ccc(C(=O)Nc3ccc(C(=O)OCC)cc3)cc21. The van der Waals surface area contributed by atoms with Gasteiger partial charge in [0.25, 0.3) is 5.91 Å². The molecule has 0 radical (unpaired) electrons. The summed E-state index contributed by atoms with van der Waals surface area (Å²) in [6, 6.07) is 12.1. The van der Waals surface area contributed by atoms with Gasteiger partial charge in [-0.15, -0.1) is 0 Å². The van der Waals surface area contributed by atoms with E-state index in [1.54, 1.807) is 48.2 Å². The van der Waals surface area contributed by atoms with Crippen molar-refractivity contribution in [3.05, 3.63) is 59.2 Å². The first-order valence-electron chi connectivity index (χ1n) is 10.3. The predicted octanol–water partition coefficient (Wildman–Crippen LogP) is 4.54. The Morgan fingerprint density at radius 3 is 2.37 bits per heavy atom. The number of carbonyl (C=O) groups excluding carboxylic acids is 3. The first-order chi connectivity index (χ1) is 14.3. The van der Waals surface area contributed by atoms with Crippen molar-refractivity contribution < 1.29 is 19.1 Å². The van der Waals surface area contributed by atoms with E-state index in [1.165, 1.54) is 0 Å². The van der Waals surface area contributed by atoms with Crippen LogP contribution in [0.5, 0.6) is 0 Å². The maximum Gasteiger partial charge on any atom is 0.338 e. The van der Waals surface area contributed by atoms with Crippen molar-refractivity contribution >= 4 is 29.2 Å². The van der Waals surface area contributed by atoms with Gasteiger partial charge in [0, 0.05) is 35.3 Å². The summed E-state index contributed by atoms with van der Waals surface area (Å²) in [6.07, 6.45) is 1.30. The van der Waals surface area contributed by atoms with Crippen LogP contribution < -0.4 is 10.2 Å². The van der Waals surface area contributed by atoms with Gasteiger partial charge in [0.2, 0.25) is 5.91 Å². The van der Waals surface area contributed by atoms with Crippen molar-refractivity contribution in [2.75, 3.05) is 23.4 Å². The zero-order valence-corrected chi connectivity index (χ0v) is 18.0. The second-order valence-electron chi connectivity index (χ2n) is 8.09. The number of benzene rings is 2.